The number of benzene rings is 1. The zero-order valence-corrected chi connectivity index (χ0v) is 13.4. The fourth-order valence-electron chi connectivity index (χ4n) is 2.14. The summed E-state index contributed by atoms with van der Waals surface area (Å²) < 4.78 is 1.66. The SMILES string of the molecule is CNC(C(=O)Nc1ccc(CCO)cc1)c1cnn(C)c1.Cl. The normalized spacial score (nSPS) is 11.6. The van der Waals surface area contributed by atoms with Gasteiger partial charge in [-0.3, -0.25) is 9.48 Å². The van der Waals surface area contributed by atoms with Crippen LogP contribution in [0.5, 0.6) is 0 Å². The van der Waals surface area contributed by atoms with E-state index in [1.54, 1.807) is 17.9 Å². The van der Waals surface area contributed by atoms with Crippen molar-refractivity contribution in [3.8, 4) is 0 Å². The van der Waals surface area contributed by atoms with Gasteiger partial charge in [0.15, 0.2) is 0 Å². The van der Waals surface area contributed by atoms with Crippen molar-refractivity contribution in [2.24, 2.45) is 7.05 Å². The van der Waals surface area contributed by atoms with E-state index in [2.05, 4.69) is 15.7 Å². The van der Waals surface area contributed by atoms with Crippen molar-refractivity contribution in [3.63, 3.8) is 0 Å². The molecule has 0 aliphatic carbocycles. The number of nitrogens with zero attached hydrogens (tertiary/aromatic N) is 2. The Morgan fingerprint density at radius 3 is 2.55 bits per heavy atom. The maximum absolute atomic E-state index is 12.3. The number of aliphatic hydroxyl groups excluding tert-OH is 1. The molecule has 1 amide bonds. The van der Waals surface area contributed by atoms with E-state index in [-0.39, 0.29) is 24.9 Å². The molecule has 1 aromatic heterocycles. The summed E-state index contributed by atoms with van der Waals surface area (Å²) in [4.78, 5) is 12.3. The number of aliphatic hydroxyl groups is 1. The molecule has 22 heavy (non-hydrogen) atoms. The topological polar surface area (TPSA) is 79.2 Å². The summed E-state index contributed by atoms with van der Waals surface area (Å²) in [5, 5.41) is 18.8. The first-order chi connectivity index (χ1) is 10.1. The minimum Gasteiger partial charge on any atom is -0.396 e. The van der Waals surface area contributed by atoms with Crippen LogP contribution in [0.4, 0.5) is 5.69 Å². The van der Waals surface area contributed by atoms with E-state index in [0.717, 1.165) is 16.8 Å². The van der Waals surface area contributed by atoms with Crippen LogP contribution in [0, 0.1) is 0 Å². The van der Waals surface area contributed by atoms with Crippen LogP contribution in [0.25, 0.3) is 0 Å². The quantitative estimate of drug-likeness (QED) is 0.748. The standard InChI is InChI=1S/C15H20N4O2.ClH/c1-16-14(12-9-17-19(2)10-12)15(21)18-13-5-3-11(4-6-13)7-8-20;/h3-6,9-10,14,16,20H,7-8H2,1-2H3,(H,18,21);1H. The molecule has 2 rings (SSSR count). The van der Waals surface area contributed by atoms with E-state index in [0.29, 0.717) is 6.42 Å². The molecular formula is C15H21ClN4O2. The zero-order valence-electron chi connectivity index (χ0n) is 12.6. The highest BCUT2D eigenvalue weighted by atomic mass is 35.5. The van der Waals surface area contributed by atoms with Crippen LogP contribution in [-0.2, 0) is 18.3 Å². The van der Waals surface area contributed by atoms with Crippen LogP contribution in [0.2, 0.25) is 0 Å². The number of carbonyl (C=O) groups excluding carboxylic acids is 1. The first-order valence-corrected chi connectivity index (χ1v) is 6.80. The van der Waals surface area contributed by atoms with Crippen LogP contribution >= 0.6 is 12.4 Å². The maximum Gasteiger partial charge on any atom is 0.246 e. The van der Waals surface area contributed by atoms with Gasteiger partial charge >= 0.3 is 0 Å². The third kappa shape index (κ3) is 4.56. The molecule has 2 aromatic rings. The Kier molecular flexibility index (Phi) is 7.04. The Morgan fingerprint density at radius 1 is 1.36 bits per heavy atom. The predicted octanol–water partition coefficient (Wildman–Crippen LogP) is 1.28. The molecule has 120 valence electrons. The van der Waals surface area contributed by atoms with Crippen molar-refractivity contribution in [1.29, 1.82) is 0 Å². The molecule has 1 heterocycles. The van der Waals surface area contributed by atoms with E-state index in [9.17, 15) is 4.79 Å². The maximum atomic E-state index is 12.3. The molecule has 0 radical (unpaired) electrons. The molecular weight excluding hydrogens is 304 g/mol. The van der Waals surface area contributed by atoms with Gasteiger partial charge in [-0.1, -0.05) is 12.1 Å². The second-order valence-corrected chi connectivity index (χ2v) is 4.83. The fraction of sp³-hybridized carbons (Fsp3) is 0.333. The number of nitrogens with one attached hydrogen (secondary N) is 2. The first kappa shape index (κ1) is 18.2. The van der Waals surface area contributed by atoms with Crippen molar-refractivity contribution >= 4 is 24.0 Å². The Bertz CT molecular complexity index is 598. The van der Waals surface area contributed by atoms with Crippen molar-refractivity contribution in [2.75, 3.05) is 19.0 Å². The number of amides is 1. The van der Waals surface area contributed by atoms with Crippen molar-refractivity contribution in [3.05, 3.63) is 47.8 Å². The van der Waals surface area contributed by atoms with Crippen molar-refractivity contribution in [2.45, 2.75) is 12.5 Å². The van der Waals surface area contributed by atoms with Gasteiger partial charge in [-0.2, -0.15) is 5.10 Å². The number of rotatable bonds is 6. The monoisotopic (exact) mass is 324 g/mol. The third-order valence-corrected chi connectivity index (χ3v) is 3.23. The van der Waals surface area contributed by atoms with Crippen LogP contribution < -0.4 is 10.6 Å². The lowest BCUT2D eigenvalue weighted by molar-refractivity contribution is -0.118. The number of likely N-dealkylation sites (N-methyl/N-ethyl adjacent to an activating group) is 1. The van der Waals surface area contributed by atoms with E-state index in [1.807, 2.05) is 37.5 Å². The average molecular weight is 325 g/mol. The Labute approximate surface area is 135 Å². The van der Waals surface area contributed by atoms with E-state index < -0.39 is 6.04 Å². The number of hydrogen-bond donors (Lipinski definition) is 3. The van der Waals surface area contributed by atoms with E-state index >= 15 is 0 Å². The lowest BCUT2D eigenvalue weighted by Crippen LogP contribution is -2.30. The van der Waals surface area contributed by atoms with Gasteiger partial charge in [0, 0.05) is 31.1 Å². The van der Waals surface area contributed by atoms with Gasteiger partial charge < -0.3 is 15.7 Å². The number of halogens is 1. The molecule has 1 atom stereocenters. The second-order valence-electron chi connectivity index (χ2n) is 4.83. The van der Waals surface area contributed by atoms with Gasteiger partial charge in [0.05, 0.1) is 6.20 Å². The van der Waals surface area contributed by atoms with Crippen LogP contribution in [0.15, 0.2) is 36.7 Å². The van der Waals surface area contributed by atoms with Gasteiger partial charge in [0.25, 0.3) is 0 Å². The summed E-state index contributed by atoms with van der Waals surface area (Å²) in [5.74, 6) is -0.139. The number of carbonyl (C=O) groups is 1. The Balaban J connectivity index is 0.00000242. The zero-order chi connectivity index (χ0) is 15.2. The van der Waals surface area contributed by atoms with Gasteiger partial charge in [-0.05, 0) is 31.2 Å². The molecule has 6 nitrogen and oxygen atoms in total. The van der Waals surface area contributed by atoms with Crippen LogP contribution in [-0.4, -0.2) is 34.4 Å². The number of anilines is 1. The Hall–Kier alpha value is -1.89. The summed E-state index contributed by atoms with van der Waals surface area (Å²) >= 11 is 0. The van der Waals surface area contributed by atoms with Gasteiger partial charge in [-0.15, -0.1) is 12.4 Å². The number of aromatic nitrogens is 2. The third-order valence-electron chi connectivity index (χ3n) is 3.23. The number of hydrogen-bond acceptors (Lipinski definition) is 4. The molecule has 1 unspecified atom stereocenters. The summed E-state index contributed by atoms with van der Waals surface area (Å²) in [6, 6.07) is 7.00. The van der Waals surface area contributed by atoms with Gasteiger partial charge in [0.2, 0.25) is 5.91 Å². The lowest BCUT2D eigenvalue weighted by atomic mass is 10.1. The van der Waals surface area contributed by atoms with E-state index in [4.69, 9.17) is 5.11 Å². The minimum absolute atomic E-state index is 0. The summed E-state index contributed by atoms with van der Waals surface area (Å²) in [6.45, 7) is 0.120. The Morgan fingerprint density at radius 2 is 2.05 bits per heavy atom. The average Bonchev–Trinajstić information content (AvgIpc) is 2.88. The van der Waals surface area contributed by atoms with Crippen LogP contribution in [0.3, 0.4) is 0 Å². The number of aryl methyl sites for hydroxylation is 1. The first-order valence-electron chi connectivity index (χ1n) is 6.80. The molecule has 0 fully saturated rings. The van der Waals surface area contributed by atoms with Gasteiger partial charge in [-0.25, -0.2) is 0 Å². The lowest BCUT2D eigenvalue weighted by Gasteiger charge is -2.14. The smallest absolute Gasteiger partial charge is 0.246 e. The van der Waals surface area contributed by atoms with Gasteiger partial charge in [0.1, 0.15) is 6.04 Å². The summed E-state index contributed by atoms with van der Waals surface area (Å²) in [6.07, 6.45) is 4.10. The molecule has 1 aromatic carbocycles. The van der Waals surface area contributed by atoms with Crippen molar-refractivity contribution in [1.82, 2.24) is 15.1 Å². The second kappa shape index (κ2) is 8.53. The molecule has 0 aliphatic rings. The largest absolute Gasteiger partial charge is 0.396 e. The minimum atomic E-state index is -0.448. The van der Waals surface area contributed by atoms with Crippen molar-refractivity contribution < 1.29 is 9.90 Å². The molecule has 3 N–H and O–H groups in total. The molecule has 0 bridgehead atoms. The van der Waals surface area contributed by atoms with E-state index in [1.165, 1.54) is 0 Å². The highest BCUT2D eigenvalue weighted by molar-refractivity contribution is 5.95. The molecule has 0 saturated heterocycles. The summed E-state index contributed by atoms with van der Waals surface area (Å²) in [5.41, 5.74) is 2.58. The summed E-state index contributed by atoms with van der Waals surface area (Å²) in [7, 11) is 3.55. The molecule has 0 saturated carbocycles. The predicted molar refractivity (Wildman–Crippen MR) is 88.1 cm³/mol. The molecule has 0 spiro atoms. The molecule has 0 aliphatic heterocycles. The highest BCUT2D eigenvalue weighted by Gasteiger charge is 2.20. The highest BCUT2D eigenvalue weighted by Crippen LogP contribution is 2.16. The fourth-order valence-corrected chi connectivity index (χ4v) is 2.14. The van der Waals surface area contributed by atoms with Crippen LogP contribution in [0.1, 0.15) is 17.2 Å². The molecule has 7 heteroatoms.